The van der Waals surface area contributed by atoms with Gasteiger partial charge in [0.05, 0.1) is 18.4 Å². The topological polar surface area (TPSA) is 146 Å². The molecule has 0 aliphatic heterocycles. The lowest BCUT2D eigenvalue weighted by atomic mass is 10.0. The minimum absolute atomic E-state index is 0.145. The van der Waals surface area contributed by atoms with Gasteiger partial charge in [-0.3, -0.25) is 21.8 Å². The summed E-state index contributed by atoms with van der Waals surface area (Å²) in [6.45, 7) is 12.2. The Kier molecular flexibility index (Phi) is 27.4. The smallest absolute Gasteiger partial charge is 0.264 e. The van der Waals surface area contributed by atoms with E-state index < -0.39 is 6.04 Å². The standard InChI is InChI=1S/C14H13Cl.C7H13N3O2.C3H8O.C2H6.H4N2/c1-2-11-6-8-12(9-7-11)13-4-3-5-14(15)10-13;1-5(9-3-4-11)7(12)10-6(2)8;1-3-4-2;2*1-2/h3-10H,2H2,1H3;4-5,9H,3H2,1-2H3,(H2,8,10,12);3H2,1-2H3;1-2H3;1-2H2. The monoisotopic (exact) mass is 509 g/mol. The van der Waals surface area contributed by atoms with Crippen molar-refractivity contribution in [3.63, 3.8) is 0 Å². The molecule has 0 saturated heterocycles. The van der Waals surface area contributed by atoms with E-state index in [4.69, 9.17) is 17.3 Å². The normalized spacial score (nSPS) is 10.4. The Labute approximate surface area is 216 Å². The number of rotatable bonds is 7. The number of amides is 1. The largest absolute Gasteiger partial charge is 0.387 e. The van der Waals surface area contributed by atoms with Gasteiger partial charge in [0.15, 0.2) is 0 Å². The maximum absolute atomic E-state index is 11.0. The van der Waals surface area contributed by atoms with Gasteiger partial charge in [-0.1, -0.05) is 68.8 Å². The van der Waals surface area contributed by atoms with Crippen LogP contribution in [0.5, 0.6) is 0 Å². The van der Waals surface area contributed by atoms with Gasteiger partial charge in [-0.25, -0.2) is 0 Å². The molecule has 0 aliphatic rings. The quantitative estimate of drug-likeness (QED) is 0.144. The van der Waals surface area contributed by atoms with Crippen LogP contribution in [0.2, 0.25) is 5.02 Å². The summed E-state index contributed by atoms with van der Waals surface area (Å²) in [5.41, 5.74) is 8.94. The number of hydrazine groups is 1. The van der Waals surface area contributed by atoms with Crippen LogP contribution in [0.25, 0.3) is 11.1 Å². The summed E-state index contributed by atoms with van der Waals surface area (Å²) in [7, 11) is 1.68. The molecule has 9 heteroatoms. The zero-order valence-electron chi connectivity index (χ0n) is 22.2. The molecule has 8 nitrogen and oxygen atoms in total. The molecule has 0 radical (unpaired) electrons. The maximum atomic E-state index is 11.0. The second-order valence-electron chi connectivity index (χ2n) is 6.53. The predicted molar refractivity (Wildman–Crippen MR) is 149 cm³/mol. The van der Waals surface area contributed by atoms with E-state index in [9.17, 15) is 9.59 Å². The molecule has 0 aliphatic carbocycles. The van der Waals surface area contributed by atoms with Crippen LogP contribution in [0.3, 0.4) is 0 Å². The van der Waals surface area contributed by atoms with E-state index in [1.54, 1.807) is 14.0 Å². The Bertz CT molecular complexity index is 809. The van der Waals surface area contributed by atoms with Crippen LogP contribution >= 0.6 is 11.6 Å². The molecule has 0 spiro atoms. The van der Waals surface area contributed by atoms with E-state index in [0.29, 0.717) is 6.29 Å². The Morgan fingerprint density at radius 2 is 1.66 bits per heavy atom. The second kappa shape index (κ2) is 26.0. The number of benzene rings is 2. The summed E-state index contributed by atoms with van der Waals surface area (Å²) >= 11 is 5.95. The molecule has 1 atom stereocenters. The molecule has 2 aromatic carbocycles. The number of hydrogen-bond acceptors (Lipinski definition) is 6. The molecule has 7 N–H and O–H groups in total. The third-order valence-electron chi connectivity index (χ3n) is 3.97. The number of aldehydes is 1. The van der Waals surface area contributed by atoms with Gasteiger partial charge in [-0.15, -0.1) is 0 Å². The molecule has 1 amide bonds. The number of nitrogens with zero attached hydrogens (tertiary/aromatic N) is 1. The fourth-order valence-corrected chi connectivity index (χ4v) is 2.37. The van der Waals surface area contributed by atoms with Gasteiger partial charge >= 0.3 is 0 Å². The molecular formula is C26H44ClN5O3. The lowest BCUT2D eigenvalue weighted by Crippen LogP contribution is -2.34. The summed E-state index contributed by atoms with van der Waals surface area (Å²) < 4.78 is 4.54. The van der Waals surface area contributed by atoms with Crippen molar-refractivity contribution in [2.24, 2.45) is 22.4 Å². The molecule has 0 aromatic heterocycles. The maximum Gasteiger partial charge on any atom is 0.264 e. The number of ether oxygens (including phenoxy) is 1. The number of nitrogens with one attached hydrogen (secondary N) is 1. The molecule has 0 fully saturated rings. The van der Waals surface area contributed by atoms with E-state index in [2.05, 4.69) is 64.0 Å². The average Bonchev–Trinajstić information content (AvgIpc) is 2.89. The van der Waals surface area contributed by atoms with Gasteiger partial charge < -0.3 is 15.3 Å². The Hall–Kier alpha value is -2.62. The van der Waals surface area contributed by atoms with Gasteiger partial charge in [0.25, 0.3) is 5.91 Å². The number of aryl methyl sites for hydroxylation is 1. The summed E-state index contributed by atoms with van der Waals surface area (Å²) in [6, 6.07) is 16.1. The first kappa shape index (κ1) is 36.9. The molecule has 198 valence electrons. The number of nitrogens with two attached hydrogens (primary N) is 3. The second-order valence-corrected chi connectivity index (χ2v) is 6.96. The molecular weight excluding hydrogens is 466 g/mol. The predicted octanol–water partition coefficient (Wildman–Crippen LogP) is 4.13. The molecule has 0 saturated carbocycles. The molecule has 1 unspecified atom stereocenters. The number of aliphatic imine (C=N–C) groups is 1. The van der Waals surface area contributed by atoms with Crippen molar-refractivity contribution in [3.05, 3.63) is 59.1 Å². The summed E-state index contributed by atoms with van der Waals surface area (Å²) in [5, 5.41) is 3.44. The first-order chi connectivity index (χ1) is 16.8. The summed E-state index contributed by atoms with van der Waals surface area (Å²) in [4.78, 5) is 24.4. The highest BCUT2D eigenvalue weighted by Crippen LogP contribution is 2.22. The van der Waals surface area contributed by atoms with Crippen molar-refractivity contribution in [2.75, 3.05) is 20.3 Å². The van der Waals surface area contributed by atoms with E-state index in [1.807, 2.05) is 39.0 Å². The van der Waals surface area contributed by atoms with Crippen LogP contribution in [0.15, 0.2) is 53.5 Å². The van der Waals surface area contributed by atoms with Gasteiger partial charge in [-0.05, 0) is 56.0 Å². The lowest BCUT2D eigenvalue weighted by Gasteiger charge is -2.06. The number of carbonyl (C=O) groups is 2. The van der Waals surface area contributed by atoms with E-state index in [-0.39, 0.29) is 18.3 Å². The van der Waals surface area contributed by atoms with Crippen molar-refractivity contribution in [1.29, 1.82) is 0 Å². The highest BCUT2D eigenvalue weighted by molar-refractivity contribution is 6.30. The van der Waals surface area contributed by atoms with Crippen LogP contribution in [0.4, 0.5) is 0 Å². The van der Waals surface area contributed by atoms with Crippen molar-refractivity contribution < 1.29 is 14.3 Å². The fraction of sp³-hybridized carbons (Fsp3) is 0.423. The van der Waals surface area contributed by atoms with E-state index in [0.717, 1.165) is 18.1 Å². The van der Waals surface area contributed by atoms with Crippen molar-refractivity contribution >= 4 is 29.6 Å². The first-order valence-electron chi connectivity index (χ1n) is 11.5. The highest BCUT2D eigenvalue weighted by Gasteiger charge is 2.09. The zero-order chi connectivity index (χ0) is 27.6. The van der Waals surface area contributed by atoms with Gasteiger partial charge in [0, 0.05) is 18.7 Å². The number of methoxy groups -OCH3 is 1. The van der Waals surface area contributed by atoms with E-state index in [1.165, 1.54) is 23.6 Å². The molecule has 2 rings (SSSR count). The van der Waals surface area contributed by atoms with Crippen molar-refractivity contribution in [3.8, 4) is 11.1 Å². The van der Waals surface area contributed by atoms with Gasteiger partial charge in [0.1, 0.15) is 6.29 Å². The van der Waals surface area contributed by atoms with Crippen LogP contribution < -0.4 is 22.7 Å². The molecule has 0 heterocycles. The molecule has 35 heavy (non-hydrogen) atoms. The van der Waals surface area contributed by atoms with Crippen molar-refractivity contribution in [1.82, 2.24) is 5.32 Å². The van der Waals surface area contributed by atoms with Crippen LogP contribution in [-0.2, 0) is 20.7 Å². The zero-order valence-corrected chi connectivity index (χ0v) is 22.9. The number of carbonyl (C=O) groups excluding carboxylic acids is 2. The SMILES string of the molecule is CC.CC(N)=NC(=O)C(C)NCC=O.CCOC.CCc1ccc(-c2cccc(Cl)c2)cc1.NN. The molecule has 0 bridgehead atoms. The minimum atomic E-state index is -0.464. The van der Waals surface area contributed by atoms with Crippen molar-refractivity contribution in [2.45, 2.75) is 54.0 Å². The Balaban J connectivity index is -0.000000459. The van der Waals surface area contributed by atoms with Gasteiger partial charge in [-0.2, -0.15) is 4.99 Å². The fourth-order valence-electron chi connectivity index (χ4n) is 2.18. The first-order valence-corrected chi connectivity index (χ1v) is 11.8. The summed E-state index contributed by atoms with van der Waals surface area (Å²) in [6.07, 6.45) is 1.76. The lowest BCUT2D eigenvalue weighted by molar-refractivity contribution is -0.119. The number of hydrogen-bond donors (Lipinski definition) is 4. The number of amidine groups is 1. The average molecular weight is 510 g/mol. The van der Waals surface area contributed by atoms with Crippen LogP contribution in [-0.4, -0.2) is 44.3 Å². The van der Waals surface area contributed by atoms with E-state index >= 15 is 0 Å². The van der Waals surface area contributed by atoms with Crippen LogP contribution in [0.1, 0.15) is 47.1 Å². The Morgan fingerprint density at radius 1 is 1.11 bits per heavy atom. The Morgan fingerprint density at radius 3 is 2.06 bits per heavy atom. The summed E-state index contributed by atoms with van der Waals surface area (Å²) in [5.74, 6) is 7.86. The van der Waals surface area contributed by atoms with Gasteiger partial charge in [0.2, 0.25) is 0 Å². The van der Waals surface area contributed by atoms with Crippen LogP contribution in [0, 0.1) is 0 Å². The third kappa shape index (κ3) is 20.5. The number of halogens is 1. The molecule has 2 aromatic rings. The third-order valence-corrected chi connectivity index (χ3v) is 4.21. The minimum Gasteiger partial charge on any atom is -0.387 e. The highest BCUT2D eigenvalue weighted by atomic mass is 35.5.